The standard InChI is InChI=1S/C34H36ClN3O4S/c1-4-36-34(40)32(22-27-13-6-5-7-14-27)37(23-28-15-9-8-12-26(28)3)33(39)24-38(31-17-11-10-16-30(31)35)43(41,42)29-20-18-25(2)19-21-29/h5-21,32H,4,22-24H2,1-3H3,(H,36,40)/t32-/m1/s1. The van der Waals surface area contributed by atoms with Gasteiger partial charge in [0.05, 0.1) is 15.6 Å². The maximum absolute atomic E-state index is 14.4. The average molecular weight is 618 g/mol. The van der Waals surface area contributed by atoms with Crippen molar-refractivity contribution >= 4 is 39.1 Å². The zero-order valence-corrected chi connectivity index (χ0v) is 26.1. The van der Waals surface area contributed by atoms with Crippen molar-refractivity contribution in [1.29, 1.82) is 0 Å². The molecule has 0 unspecified atom stereocenters. The summed E-state index contributed by atoms with van der Waals surface area (Å²) in [4.78, 5) is 29.5. The van der Waals surface area contributed by atoms with Gasteiger partial charge in [0.2, 0.25) is 11.8 Å². The minimum atomic E-state index is -4.22. The minimum absolute atomic E-state index is 0.0286. The fourth-order valence-corrected chi connectivity index (χ4v) is 6.54. The normalized spacial score (nSPS) is 11.9. The largest absolute Gasteiger partial charge is 0.355 e. The Morgan fingerprint density at radius 3 is 2.12 bits per heavy atom. The molecular formula is C34H36ClN3O4S. The number of halogens is 1. The molecule has 0 aromatic heterocycles. The number of hydrogen-bond acceptors (Lipinski definition) is 4. The maximum atomic E-state index is 14.4. The number of nitrogens with one attached hydrogen (secondary N) is 1. The molecule has 2 amide bonds. The number of carbonyl (C=O) groups is 2. The van der Waals surface area contributed by atoms with Crippen LogP contribution in [-0.4, -0.2) is 44.3 Å². The summed E-state index contributed by atoms with van der Waals surface area (Å²) in [6.07, 6.45) is 0.251. The van der Waals surface area contributed by atoms with Crippen molar-refractivity contribution in [2.24, 2.45) is 0 Å². The van der Waals surface area contributed by atoms with Crippen LogP contribution in [0.4, 0.5) is 5.69 Å². The second-order valence-electron chi connectivity index (χ2n) is 10.3. The number of para-hydroxylation sites is 1. The van der Waals surface area contributed by atoms with Gasteiger partial charge in [0.15, 0.2) is 0 Å². The number of hydrogen-bond donors (Lipinski definition) is 1. The van der Waals surface area contributed by atoms with E-state index in [2.05, 4.69) is 5.32 Å². The van der Waals surface area contributed by atoms with Gasteiger partial charge < -0.3 is 10.2 Å². The summed E-state index contributed by atoms with van der Waals surface area (Å²) in [7, 11) is -4.22. The van der Waals surface area contributed by atoms with Crippen LogP contribution in [0.25, 0.3) is 0 Å². The first-order valence-corrected chi connectivity index (χ1v) is 15.9. The molecule has 1 atom stereocenters. The van der Waals surface area contributed by atoms with Crippen LogP contribution in [0.15, 0.2) is 108 Å². The summed E-state index contributed by atoms with van der Waals surface area (Å²) in [6.45, 7) is 5.55. The van der Waals surface area contributed by atoms with E-state index in [1.54, 1.807) is 36.4 Å². The van der Waals surface area contributed by atoms with E-state index >= 15 is 0 Å². The van der Waals surface area contributed by atoms with Gasteiger partial charge in [0.25, 0.3) is 10.0 Å². The lowest BCUT2D eigenvalue weighted by atomic mass is 10.0. The predicted molar refractivity (Wildman–Crippen MR) is 172 cm³/mol. The monoisotopic (exact) mass is 617 g/mol. The molecule has 0 aliphatic heterocycles. The number of rotatable bonds is 12. The number of sulfonamides is 1. The van der Waals surface area contributed by atoms with Gasteiger partial charge in [0.1, 0.15) is 12.6 Å². The van der Waals surface area contributed by atoms with Crippen molar-refractivity contribution in [3.8, 4) is 0 Å². The summed E-state index contributed by atoms with van der Waals surface area (Å²) in [5, 5.41) is 3.05. The van der Waals surface area contributed by atoms with Crippen LogP contribution in [-0.2, 0) is 32.6 Å². The second-order valence-corrected chi connectivity index (χ2v) is 12.6. The molecule has 0 heterocycles. The number of nitrogens with zero attached hydrogens (tertiary/aromatic N) is 2. The fourth-order valence-electron chi connectivity index (χ4n) is 4.82. The Hall–Kier alpha value is -4.14. The van der Waals surface area contributed by atoms with Crippen LogP contribution < -0.4 is 9.62 Å². The summed E-state index contributed by atoms with van der Waals surface area (Å²) < 4.78 is 29.2. The van der Waals surface area contributed by atoms with E-state index in [4.69, 9.17) is 11.6 Å². The van der Waals surface area contributed by atoms with Crippen LogP contribution in [0.3, 0.4) is 0 Å². The number of carbonyl (C=O) groups excluding carboxylic acids is 2. The zero-order chi connectivity index (χ0) is 31.0. The van der Waals surface area contributed by atoms with E-state index in [1.807, 2.05) is 75.4 Å². The molecule has 0 radical (unpaired) electrons. The smallest absolute Gasteiger partial charge is 0.264 e. The molecule has 0 fully saturated rings. The van der Waals surface area contributed by atoms with Gasteiger partial charge in [0, 0.05) is 19.5 Å². The minimum Gasteiger partial charge on any atom is -0.355 e. The molecule has 1 N–H and O–H groups in total. The average Bonchev–Trinajstić information content (AvgIpc) is 2.99. The number of likely N-dealkylation sites (N-methyl/N-ethyl adjacent to an activating group) is 1. The Bertz CT molecular complexity index is 1660. The summed E-state index contributed by atoms with van der Waals surface area (Å²) >= 11 is 6.52. The Morgan fingerprint density at radius 2 is 1.47 bits per heavy atom. The van der Waals surface area contributed by atoms with Crippen molar-refractivity contribution in [2.75, 3.05) is 17.4 Å². The van der Waals surface area contributed by atoms with Crippen LogP contribution in [0.5, 0.6) is 0 Å². The van der Waals surface area contributed by atoms with Crippen molar-refractivity contribution in [2.45, 2.75) is 44.7 Å². The molecule has 0 spiro atoms. The summed E-state index contributed by atoms with van der Waals surface area (Å²) in [6, 6.07) is 29.1. The lowest BCUT2D eigenvalue weighted by Gasteiger charge is -2.34. The van der Waals surface area contributed by atoms with Crippen LogP contribution in [0.2, 0.25) is 5.02 Å². The molecule has 7 nitrogen and oxygen atoms in total. The molecule has 0 aliphatic rings. The summed E-state index contributed by atoms with van der Waals surface area (Å²) in [5.41, 5.74) is 3.74. The van der Waals surface area contributed by atoms with Crippen molar-refractivity contribution in [1.82, 2.24) is 10.2 Å². The first-order chi connectivity index (χ1) is 20.6. The van der Waals surface area contributed by atoms with Crippen molar-refractivity contribution < 1.29 is 18.0 Å². The Morgan fingerprint density at radius 1 is 0.837 bits per heavy atom. The molecule has 9 heteroatoms. The number of benzene rings is 4. The molecule has 4 rings (SSSR count). The highest BCUT2D eigenvalue weighted by Crippen LogP contribution is 2.31. The van der Waals surface area contributed by atoms with Gasteiger partial charge >= 0.3 is 0 Å². The quantitative estimate of drug-likeness (QED) is 0.214. The number of aryl methyl sites for hydroxylation is 2. The Kier molecular flexibility index (Phi) is 10.6. The third kappa shape index (κ3) is 7.83. The first-order valence-electron chi connectivity index (χ1n) is 14.1. The Labute approximate surface area is 259 Å². The zero-order valence-electron chi connectivity index (χ0n) is 24.5. The van der Waals surface area contributed by atoms with E-state index in [1.165, 1.54) is 17.0 Å². The molecule has 4 aromatic carbocycles. The van der Waals surface area contributed by atoms with Crippen LogP contribution in [0, 0.1) is 13.8 Å². The highest BCUT2D eigenvalue weighted by Gasteiger charge is 2.35. The Balaban J connectivity index is 1.81. The van der Waals surface area contributed by atoms with E-state index in [9.17, 15) is 18.0 Å². The number of anilines is 1. The summed E-state index contributed by atoms with van der Waals surface area (Å²) in [5.74, 6) is -0.856. The molecule has 0 saturated carbocycles. The third-order valence-corrected chi connectivity index (χ3v) is 9.33. The highest BCUT2D eigenvalue weighted by molar-refractivity contribution is 7.92. The van der Waals surface area contributed by atoms with Gasteiger partial charge in [-0.15, -0.1) is 0 Å². The predicted octanol–water partition coefficient (Wildman–Crippen LogP) is 5.93. The van der Waals surface area contributed by atoms with Gasteiger partial charge in [-0.05, 0) is 61.7 Å². The highest BCUT2D eigenvalue weighted by atomic mass is 35.5. The molecule has 0 aliphatic carbocycles. The molecule has 4 aromatic rings. The topological polar surface area (TPSA) is 86.8 Å². The van der Waals surface area contributed by atoms with Crippen molar-refractivity contribution in [3.63, 3.8) is 0 Å². The molecular weight excluding hydrogens is 582 g/mol. The molecule has 0 saturated heterocycles. The van der Waals surface area contributed by atoms with Gasteiger partial charge in [-0.25, -0.2) is 8.42 Å². The van der Waals surface area contributed by atoms with Gasteiger partial charge in [-0.3, -0.25) is 13.9 Å². The first kappa shape index (κ1) is 31.8. The maximum Gasteiger partial charge on any atom is 0.264 e. The van der Waals surface area contributed by atoms with Gasteiger partial charge in [-0.2, -0.15) is 0 Å². The SMILES string of the molecule is CCNC(=O)[C@@H](Cc1ccccc1)N(Cc1ccccc1C)C(=O)CN(c1ccccc1Cl)S(=O)(=O)c1ccc(C)cc1. The van der Waals surface area contributed by atoms with E-state index in [0.29, 0.717) is 6.54 Å². The third-order valence-electron chi connectivity index (χ3n) is 7.23. The van der Waals surface area contributed by atoms with E-state index in [-0.39, 0.29) is 34.5 Å². The van der Waals surface area contributed by atoms with Gasteiger partial charge in [-0.1, -0.05) is 96.0 Å². The van der Waals surface area contributed by atoms with Crippen LogP contribution >= 0.6 is 11.6 Å². The lowest BCUT2D eigenvalue weighted by molar-refractivity contribution is -0.140. The molecule has 43 heavy (non-hydrogen) atoms. The van der Waals surface area contributed by atoms with E-state index < -0.39 is 28.5 Å². The van der Waals surface area contributed by atoms with Crippen LogP contribution in [0.1, 0.15) is 29.2 Å². The van der Waals surface area contributed by atoms with Crippen molar-refractivity contribution in [3.05, 3.63) is 130 Å². The fraction of sp³-hybridized carbons (Fsp3) is 0.235. The molecule has 0 bridgehead atoms. The van der Waals surface area contributed by atoms with E-state index in [0.717, 1.165) is 26.6 Å². The number of amides is 2. The second kappa shape index (κ2) is 14.4. The molecule has 224 valence electrons. The lowest BCUT2D eigenvalue weighted by Crippen LogP contribution is -2.53.